The van der Waals surface area contributed by atoms with Gasteiger partial charge in [0.05, 0.1) is 6.54 Å². The van der Waals surface area contributed by atoms with Gasteiger partial charge in [-0.05, 0) is 75.8 Å². The van der Waals surface area contributed by atoms with Crippen LogP contribution in [-0.4, -0.2) is 65.1 Å². The monoisotopic (exact) mass is 481 g/mol. The molecule has 2 fully saturated rings. The minimum absolute atomic E-state index is 0.115. The maximum Gasteiger partial charge on any atom is 0.241 e. The number of nitrogens with zero attached hydrogens (tertiary/aromatic N) is 4. The molecule has 35 heavy (non-hydrogen) atoms. The summed E-state index contributed by atoms with van der Waals surface area (Å²) in [5.74, 6) is 1.61. The topological polar surface area (TPSA) is 74.5 Å². The van der Waals surface area contributed by atoms with Gasteiger partial charge in [-0.2, -0.15) is 4.98 Å². The lowest BCUT2D eigenvalue weighted by Gasteiger charge is -2.30. The van der Waals surface area contributed by atoms with Gasteiger partial charge in [-0.15, -0.1) is 0 Å². The van der Waals surface area contributed by atoms with Crippen molar-refractivity contribution in [3.05, 3.63) is 35.7 Å². The lowest BCUT2D eigenvalue weighted by atomic mass is 9.87. The Balaban J connectivity index is 1.16. The first-order valence-corrected chi connectivity index (χ1v) is 13.5. The summed E-state index contributed by atoms with van der Waals surface area (Å²) in [6, 6.07) is 8.40. The second-order valence-corrected chi connectivity index (χ2v) is 11.3. The Hall–Kier alpha value is -2.25. The molecule has 0 saturated carbocycles. The van der Waals surface area contributed by atoms with Gasteiger partial charge in [-0.25, -0.2) is 0 Å². The van der Waals surface area contributed by atoms with Crippen LogP contribution < -0.4 is 5.32 Å². The Kier molecular flexibility index (Phi) is 8.95. The Morgan fingerprint density at radius 2 is 1.69 bits per heavy atom. The molecule has 2 saturated heterocycles. The summed E-state index contributed by atoms with van der Waals surface area (Å²) in [5, 5.41) is 7.37. The maximum atomic E-state index is 12.6. The summed E-state index contributed by atoms with van der Waals surface area (Å²) in [5.41, 5.74) is 2.38. The number of likely N-dealkylation sites (tertiary alicyclic amines) is 2. The number of amides is 1. The van der Waals surface area contributed by atoms with Crippen molar-refractivity contribution in [2.45, 2.75) is 77.7 Å². The predicted octanol–water partition coefficient (Wildman–Crippen LogP) is 4.63. The summed E-state index contributed by atoms with van der Waals surface area (Å²) in [7, 11) is 0. The zero-order valence-corrected chi connectivity index (χ0v) is 21.9. The Bertz CT molecular complexity index is 918. The molecule has 0 spiro atoms. The third-order valence-electron chi connectivity index (χ3n) is 7.44. The SMILES string of the molecule is CC(C)(C)c1ccc(-c2noc(CN3CCC(C(=O)NCCCN4CCCCCC4)CC3)n2)cc1. The van der Waals surface area contributed by atoms with Crippen molar-refractivity contribution in [3.8, 4) is 11.4 Å². The van der Waals surface area contributed by atoms with Gasteiger partial charge < -0.3 is 14.7 Å². The van der Waals surface area contributed by atoms with E-state index in [-0.39, 0.29) is 17.2 Å². The molecule has 3 heterocycles. The first-order valence-electron chi connectivity index (χ1n) is 13.5. The van der Waals surface area contributed by atoms with Crippen LogP contribution in [-0.2, 0) is 16.8 Å². The van der Waals surface area contributed by atoms with E-state index < -0.39 is 0 Å². The van der Waals surface area contributed by atoms with Crippen LogP contribution in [0.25, 0.3) is 11.4 Å². The Morgan fingerprint density at radius 1 is 1.00 bits per heavy atom. The van der Waals surface area contributed by atoms with Gasteiger partial charge >= 0.3 is 0 Å². The highest BCUT2D eigenvalue weighted by molar-refractivity contribution is 5.78. The van der Waals surface area contributed by atoms with Crippen molar-refractivity contribution in [3.63, 3.8) is 0 Å². The molecule has 2 aliphatic rings. The van der Waals surface area contributed by atoms with E-state index in [1.165, 1.54) is 44.3 Å². The van der Waals surface area contributed by atoms with Gasteiger partial charge in [0.25, 0.3) is 0 Å². The van der Waals surface area contributed by atoms with E-state index in [1.807, 2.05) is 0 Å². The Morgan fingerprint density at radius 3 is 2.34 bits per heavy atom. The van der Waals surface area contributed by atoms with Crippen molar-refractivity contribution >= 4 is 5.91 Å². The summed E-state index contributed by atoms with van der Waals surface area (Å²) < 4.78 is 5.53. The lowest BCUT2D eigenvalue weighted by Crippen LogP contribution is -2.41. The van der Waals surface area contributed by atoms with Gasteiger partial charge in [0.2, 0.25) is 17.6 Å². The number of carbonyl (C=O) groups is 1. The Labute approximate surface area is 210 Å². The van der Waals surface area contributed by atoms with E-state index in [2.05, 4.69) is 70.3 Å². The molecule has 1 aromatic carbocycles. The number of benzene rings is 1. The number of carbonyl (C=O) groups excluding carboxylic acids is 1. The first kappa shape index (κ1) is 25.8. The van der Waals surface area contributed by atoms with E-state index in [1.54, 1.807) is 0 Å². The molecule has 1 aromatic heterocycles. The predicted molar refractivity (Wildman–Crippen MR) is 139 cm³/mol. The molecule has 0 aliphatic carbocycles. The number of aromatic nitrogens is 2. The second-order valence-electron chi connectivity index (χ2n) is 11.3. The lowest BCUT2D eigenvalue weighted by molar-refractivity contribution is -0.126. The van der Waals surface area contributed by atoms with Crippen LogP contribution in [0.1, 0.15) is 77.2 Å². The van der Waals surface area contributed by atoms with E-state index in [0.717, 1.165) is 51.0 Å². The summed E-state index contributed by atoms with van der Waals surface area (Å²) in [6.07, 6.45) is 8.18. The van der Waals surface area contributed by atoms with Crippen molar-refractivity contribution in [2.24, 2.45) is 5.92 Å². The van der Waals surface area contributed by atoms with Crippen LogP contribution in [0.2, 0.25) is 0 Å². The zero-order chi connectivity index (χ0) is 24.7. The average Bonchev–Trinajstić information content (AvgIpc) is 3.15. The van der Waals surface area contributed by atoms with Crippen LogP contribution in [0.3, 0.4) is 0 Å². The fraction of sp³-hybridized carbons (Fsp3) is 0.679. The average molecular weight is 482 g/mol. The zero-order valence-electron chi connectivity index (χ0n) is 21.9. The minimum atomic E-state index is 0.115. The quantitative estimate of drug-likeness (QED) is 0.554. The third kappa shape index (κ3) is 7.61. The molecule has 7 heteroatoms. The molecular formula is C28H43N5O2. The first-order chi connectivity index (χ1) is 16.9. The molecule has 0 unspecified atom stereocenters. The highest BCUT2D eigenvalue weighted by Crippen LogP contribution is 2.25. The van der Waals surface area contributed by atoms with Gasteiger partial charge in [-0.3, -0.25) is 9.69 Å². The van der Waals surface area contributed by atoms with Crippen LogP contribution in [0.5, 0.6) is 0 Å². The molecule has 1 amide bonds. The molecule has 2 aromatic rings. The maximum absolute atomic E-state index is 12.6. The minimum Gasteiger partial charge on any atom is -0.356 e. The molecule has 7 nitrogen and oxygen atoms in total. The number of rotatable bonds is 8. The van der Waals surface area contributed by atoms with Crippen molar-refractivity contribution < 1.29 is 9.32 Å². The van der Waals surface area contributed by atoms with Crippen LogP contribution in [0.15, 0.2) is 28.8 Å². The highest BCUT2D eigenvalue weighted by atomic mass is 16.5. The van der Waals surface area contributed by atoms with E-state index in [4.69, 9.17) is 4.52 Å². The van der Waals surface area contributed by atoms with Crippen LogP contribution in [0.4, 0.5) is 0 Å². The van der Waals surface area contributed by atoms with Crippen molar-refractivity contribution in [1.29, 1.82) is 0 Å². The molecule has 4 rings (SSSR count). The van der Waals surface area contributed by atoms with Gasteiger partial charge in [0, 0.05) is 18.0 Å². The second kappa shape index (κ2) is 12.1. The number of piperidine rings is 1. The van der Waals surface area contributed by atoms with Crippen LogP contribution >= 0.6 is 0 Å². The normalized spacial score (nSPS) is 18.9. The number of hydrogen-bond acceptors (Lipinski definition) is 6. The smallest absolute Gasteiger partial charge is 0.241 e. The van der Waals surface area contributed by atoms with E-state index >= 15 is 0 Å². The van der Waals surface area contributed by atoms with E-state index in [0.29, 0.717) is 18.3 Å². The summed E-state index contributed by atoms with van der Waals surface area (Å²) >= 11 is 0. The largest absolute Gasteiger partial charge is 0.356 e. The fourth-order valence-corrected chi connectivity index (χ4v) is 5.12. The van der Waals surface area contributed by atoms with Gasteiger partial charge in [0.15, 0.2) is 0 Å². The third-order valence-corrected chi connectivity index (χ3v) is 7.44. The van der Waals surface area contributed by atoms with Crippen LogP contribution in [0, 0.1) is 5.92 Å². The standard InChI is InChI=1S/C28H43N5O2/c1-28(2,3)24-11-9-22(10-12-24)26-30-25(35-31-26)21-33-19-13-23(14-20-33)27(34)29-15-8-18-32-16-6-4-5-7-17-32/h9-12,23H,4-8,13-21H2,1-3H3,(H,29,34). The number of nitrogens with one attached hydrogen (secondary N) is 1. The molecule has 192 valence electrons. The molecule has 0 atom stereocenters. The fourth-order valence-electron chi connectivity index (χ4n) is 5.12. The number of hydrogen-bond donors (Lipinski definition) is 1. The summed E-state index contributed by atoms with van der Waals surface area (Å²) in [6.45, 7) is 13.3. The molecule has 0 radical (unpaired) electrons. The van der Waals surface area contributed by atoms with Crippen molar-refractivity contribution in [1.82, 2.24) is 25.3 Å². The van der Waals surface area contributed by atoms with E-state index in [9.17, 15) is 4.79 Å². The molecular weight excluding hydrogens is 438 g/mol. The van der Waals surface area contributed by atoms with Crippen molar-refractivity contribution in [2.75, 3.05) is 39.3 Å². The van der Waals surface area contributed by atoms with Gasteiger partial charge in [-0.1, -0.05) is 63.0 Å². The van der Waals surface area contributed by atoms with Gasteiger partial charge in [0.1, 0.15) is 0 Å². The molecule has 1 N–H and O–H groups in total. The molecule has 2 aliphatic heterocycles. The summed E-state index contributed by atoms with van der Waals surface area (Å²) in [4.78, 5) is 22.1. The highest BCUT2D eigenvalue weighted by Gasteiger charge is 2.26. The molecule has 0 bridgehead atoms.